The molecule has 3 rings (SSSR count). The van der Waals surface area contributed by atoms with E-state index in [1.165, 1.54) is 147 Å². The quantitative estimate of drug-likeness (QED) is 0.0471. The Labute approximate surface area is 323 Å². The first-order valence-electron chi connectivity index (χ1n) is 21.6. The number of allylic oxidation sites excluding steroid dienone is 2. The van der Waals surface area contributed by atoms with E-state index in [0.29, 0.717) is 0 Å². The van der Waals surface area contributed by atoms with Gasteiger partial charge in [-0.3, -0.25) is 0 Å². The molecule has 0 saturated carbocycles. The summed E-state index contributed by atoms with van der Waals surface area (Å²) in [4.78, 5) is 0. The molecule has 0 spiro atoms. The molecule has 0 fully saturated rings. The number of hydrogen-bond donors (Lipinski definition) is 0. The first-order valence-corrected chi connectivity index (χ1v) is 23.0. The summed E-state index contributed by atoms with van der Waals surface area (Å²) in [5.41, 5.74) is 21.5. The van der Waals surface area contributed by atoms with Crippen molar-refractivity contribution in [2.75, 3.05) is 0 Å². The number of benzene rings is 2. The third-order valence-electron chi connectivity index (χ3n) is 10.2. The van der Waals surface area contributed by atoms with Crippen molar-refractivity contribution in [2.45, 2.75) is 206 Å². The monoisotopic (exact) mass is 741 g/mol. The molecule has 2 aromatic carbocycles. The predicted molar refractivity (Wildman–Crippen MR) is 223 cm³/mol. The summed E-state index contributed by atoms with van der Waals surface area (Å²) in [5, 5.41) is 2.84. The second kappa shape index (κ2) is 29.5. The molecule has 0 aromatic heterocycles. The van der Waals surface area contributed by atoms with Crippen LogP contribution in [0.2, 0.25) is 10.8 Å². The zero-order valence-corrected chi connectivity index (χ0v) is 35.2. The van der Waals surface area contributed by atoms with Crippen molar-refractivity contribution in [1.82, 2.24) is 0 Å². The summed E-state index contributed by atoms with van der Waals surface area (Å²) in [6.07, 6.45) is 30.7. The fourth-order valence-electron chi connectivity index (χ4n) is 6.91. The second-order valence-corrected chi connectivity index (χ2v) is 16.3. The van der Waals surface area contributed by atoms with E-state index >= 15 is 0 Å². The van der Waals surface area contributed by atoms with Crippen molar-refractivity contribution in [3.8, 4) is 0 Å². The molecule has 1 heterocycles. The van der Waals surface area contributed by atoms with E-state index in [4.69, 9.17) is 0 Å². The van der Waals surface area contributed by atoms with Crippen LogP contribution < -0.4 is 0 Å². The van der Waals surface area contributed by atoms with Crippen molar-refractivity contribution in [3.05, 3.63) is 87.5 Å². The van der Waals surface area contributed by atoms with Crippen LogP contribution in [0, 0.1) is 0 Å². The molecule has 0 amide bonds. The average molecular weight is 742 g/mol. The first kappa shape index (κ1) is 45.2. The van der Waals surface area contributed by atoms with Crippen LogP contribution >= 0.6 is 0 Å². The zero-order chi connectivity index (χ0) is 36.9. The Morgan fingerprint density at radius 1 is 0.392 bits per heavy atom. The van der Waals surface area contributed by atoms with Crippen LogP contribution in [0.25, 0.3) is 16.9 Å². The van der Waals surface area contributed by atoms with Crippen molar-refractivity contribution < 1.29 is 19.1 Å². The number of nitrogens with zero attached hydrogens (tertiary/aromatic N) is 2. The fourth-order valence-corrected chi connectivity index (χ4v) is 8.15. The number of rotatable bonds is 28. The van der Waals surface area contributed by atoms with E-state index in [-0.39, 0.29) is 0 Å². The van der Waals surface area contributed by atoms with Crippen molar-refractivity contribution in [1.29, 1.82) is 0 Å². The van der Waals surface area contributed by atoms with Gasteiger partial charge in [0.05, 0.1) is 0 Å². The van der Waals surface area contributed by atoms with Gasteiger partial charge in [0.25, 0.3) is 0 Å². The average Bonchev–Trinajstić information content (AvgIpc) is 3.43. The van der Waals surface area contributed by atoms with Crippen LogP contribution in [0.3, 0.4) is 0 Å². The molecule has 0 atom stereocenters. The SMILES string of the molecule is CCCCCC1=C(c2ccc(CCCCC)cc2)[N+](=[N-])C(c2ccc(CCCC)cc2)=C1CCCC.CCCCCC[CH2][Ni][CH2]CCCCCC. The number of aryl methyl sites for hydroxylation is 2. The van der Waals surface area contributed by atoms with Crippen LogP contribution in [0.1, 0.15) is 205 Å². The summed E-state index contributed by atoms with van der Waals surface area (Å²) in [5.74, 6) is 0. The van der Waals surface area contributed by atoms with E-state index in [1.54, 1.807) is 0 Å². The molecular formula is C48H78N2Ni. The van der Waals surface area contributed by atoms with Crippen LogP contribution in [0.5, 0.6) is 0 Å². The molecule has 0 saturated heterocycles. The molecule has 290 valence electrons. The van der Waals surface area contributed by atoms with Gasteiger partial charge in [0.15, 0.2) is 0 Å². The van der Waals surface area contributed by atoms with Gasteiger partial charge in [-0.1, -0.05) is 90.5 Å². The molecule has 2 aromatic rings. The Morgan fingerprint density at radius 2 is 0.725 bits per heavy atom. The maximum atomic E-state index is 11.7. The Bertz CT molecular complexity index is 1230. The van der Waals surface area contributed by atoms with Gasteiger partial charge in [-0.2, -0.15) is 0 Å². The van der Waals surface area contributed by atoms with Gasteiger partial charge in [0, 0.05) is 22.3 Å². The Balaban J connectivity index is 0.000000507. The summed E-state index contributed by atoms with van der Waals surface area (Å²) in [6.45, 7) is 13.6. The standard InChI is InChI=1S/C34H48N2.2C7H15.Ni/c1-5-9-13-16-28-21-25-30(26-22-28)34-32(18-14-10-6-2)31(17-12-8-4)33(36(34)35)29-23-19-27(20-24-29)15-11-7-3;2*1-3-5-7-6-4-2;/h19-26H,5-18H2,1-4H3;2*1,3-7H2,2H3;. The Hall–Kier alpha value is -1.99. The van der Waals surface area contributed by atoms with E-state index < -0.39 is 0 Å². The molecule has 0 unspecified atom stereocenters. The third-order valence-corrected chi connectivity index (χ3v) is 11.6. The molecule has 51 heavy (non-hydrogen) atoms. The molecular weight excluding hydrogens is 663 g/mol. The van der Waals surface area contributed by atoms with Gasteiger partial charge in [0.2, 0.25) is 11.4 Å². The van der Waals surface area contributed by atoms with Crippen LogP contribution in [0.15, 0.2) is 59.7 Å². The second-order valence-electron chi connectivity index (χ2n) is 14.8. The summed E-state index contributed by atoms with van der Waals surface area (Å²) in [6, 6.07) is 17.9. The molecule has 0 radical (unpaired) electrons. The normalized spacial score (nSPS) is 13.0. The third kappa shape index (κ3) is 17.6. The molecule has 0 N–H and O–H groups in total. The molecule has 0 aliphatic carbocycles. The molecule has 1 aliphatic heterocycles. The zero-order valence-electron chi connectivity index (χ0n) is 34.2. The summed E-state index contributed by atoms with van der Waals surface area (Å²) in [7, 11) is 0. The van der Waals surface area contributed by atoms with Gasteiger partial charge in [-0.05, 0) is 86.8 Å². The maximum absolute atomic E-state index is 11.7. The van der Waals surface area contributed by atoms with Crippen LogP contribution in [-0.2, 0) is 27.3 Å². The van der Waals surface area contributed by atoms with Crippen molar-refractivity contribution in [3.63, 3.8) is 0 Å². The summed E-state index contributed by atoms with van der Waals surface area (Å²) >= 11 is 2.00. The number of unbranched alkanes of at least 4 members (excludes halogenated alkanes) is 14. The van der Waals surface area contributed by atoms with Gasteiger partial charge in [0.1, 0.15) is 0 Å². The Kier molecular flexibility index (Phi) is 26.1. The molecule has 3 heteroatoms. The van der Waals surface area contributed by atoms with E-state index in [9.17, 15) is 5.53 Å². The van der Waals surface area contributed by atoms with E-state index in [1.807, 2.05) is 14.4 Å². The number of hydrogen-bond acceptors (Lipinski definition) is 0. The minimum absolute atomic E-state index is 0.999. The van der Waals surface area contributed by atoms with E-state index in [0.717, 1.165) is 67.5 Å². The van der Waals surface area contributed by atoms with Gasteiger partial charge in [-0.15, -0.1) is 0 Å². The topological polar surface area (TPSA) is 25.3 Å². The van der Waals surface area contributed by atoms with Gasteiger partial charge < -0.3 is 5.53 Å². The van der Waals surface area contributed by atoms with Crippen molar-refractivity contribution >= 4 is 11.4 Å². The molecule has 1 aliphatic rings. The van der Waals surface area contributed by atoms with Gasteiger partial charge in [-0.25, -0.2) is 4.70 Å². The van der Waals surface area contributed by atoms with Crippen LogP contribution in [-0.4, -0.2) is 4.70 Å². The first-order chi connectivity index (χ1) is 25.1. The van der Waals surface area contributed by atoms with E-state index in [2.05, 4.69) is 90.1 Å². The molecule has 0 bridgehead atoms. The van der Waals surface area contributed by atoms with Crippen LogP contribution in [0.4, 0.5) is 0 Å². The van der Waals surface area contributed by atoms with Gasteiger partial charge >= 0.3 is 103 Å². The van der Waals surface area contributed by atoms with Crippen molar-refractivity contribution in [2.24, 2.45) is 0 Å². The minimum atomic E-state index is 0.999. The Morgan fingerprint density at radius 3 is 1.16 bits per heavy atom. The predicted octanol–water partition coefficient (Wildman–Crippen LogP) is 16.5. The molecule has 2 nitrogen and oxygen atoms in total. The summed E-state index contributed by atoms with van der Waals surface area (Å²) < 4.78 is 1.53. The fraction of sp³-hybridized carbons (Fsp3) is 0.667.